The summed E-state index contributed by atoms with van der Waals surface area (Å²) in [4.78, 5) is 0. The Balaban J connectivity index is 3.26. The molecule has 0 aliphatic heterocycles. The molecule has 10 heavy (non-hydrogen) atoms. The van der Waals surface area contributed by atoms with Crippen molar-refractivity contribution in [1.29, 1.82) is 0 Å². The topological polar surface area (TPSA) is 20.2 Å². The first-order chi connectivity index (χ1) is 4.70. The zero-order valence-electron chi connectivity index (χ0n) is 6.44. The fraction of sp³-hybridized carbons (Fsp3) is 0.750. The monoisotopic (exact) mass is 162 g/mol. The predicted molar refractivity (Wildman–Crippen MR) is 45.4 cm³/mol. The third-order valence-electron chi connectivity index (χ3n) is 1.48. The molecule has 0 aromatic heterocycles. The first-order valence-electron chi connectivity index (χ1n) is 3.62. The average molecular weight is 163 g/mol. The van der Waals surface area contributed by atoms with Gasteiger partial charge in [-0.1, -0.05) is 19.1 Å². The first-order valence-corrected chi connectivity index (χ1v) is 4.06. The Labute approximate surface area is 67.7 Å². The van der Waals surface area contributed by atoms with Gasteiger partial charge in [-0.25, -0.2) is 0 Å². The van der Waals surface area contributed by atoms with E-state index in [0.717, 1.165) is 24.8 Å². The van der Waals surface area contributed by atoms with Crippen LogP contribution in [0.2, 0.25) is 0 Å². The highest BCUT2D eigenvalue weighted by Gasteiger charge is 2.01. The Morgan fingerprint density at radius 2 is 2.30 bits per heavy atom. The van der Waals surface area contributed by atoms with E-state index in [4.69, 9.17) is 16.7 Å². The second-order valence-electron chi connectivity index (χ2n) is 2.45. The van der Waals surface area contributed by atoms with Crippen molar-refractivity contribution in [1.82, 2.24) is 0 Å². The van der Waals surface area contributed by atoms with Crippen LogP contribution in [0.1, 0.15) is 26.2 Å². The maximum Gasteiger partial charge on any atom is 0.0639 e. The van der Waals surface area contributed by atoms with Gasteiger partial charge < -0.3 is 5.11 Å². The third kappa shape index (κ3) is 4.83. The molecule has 0 heterocycles. The van der Waals surface area contributed by atoms with Crippen LogP contribution in [0.3, 0.4) is 0 Å². The van der Waals surface area contributed by atoms with Crippen LogP contribution < -0.4 is 0 Å². The highest BCUT2D eigenvalue weighted by atomic mass is 35.5. The highest BCUT2D eigenvalue weighted by molar-refractivity contribution is 6.20. The standard InChI is InChI=1S/C8H15ClO/c1-3-8(9)5-4-7(2)6-10/h8,10H,2-6H2,1H3/t8-/m0/s1. The van der Waals surface area contributed by atoms with Crippen molar-refractivity contribution >= 4 is 11.6 Å². The van der Waals surface area contributed by atoms with Gasteiger partial charge in [0.15, 0.2) is 0 Å². The maximum absolute atomic E-state index is 8.58. The zero-order chi connectivity index (χ0) is 7.98. The molecule has 0 aromatic rings. The molecule has 1 nitrogen and oxygen atoms in total. The lowest BCUT2D eigenvalue weighted by Gasteiger charge is -2.05. The number of alkyl halides is 1. The van der Waals surface area contributed by atoms with Gasteiger partial charge in [0.1, 0.15) is 0 Å². The summed E-state index contributed by atoms with van der Waals surface area (Å²) in [5.74, 6) is 0. The minimum atomic E-state index is 0.0906. The van der Waals surface area contributed by atoms with Crippen LogP contribution in [0.15, 0.2) is 12.2 Å². The molecule has 0 bridgehead atoms. The Hall–Kier alpha value is -0.0100. The molecule has 0 rings (SSSR count). The molecule has 2 heteroatoms. The van der Waals surface area contributed by atoms with E-state index >= 15 is 0 Å². The van der Waals surface area contributed by atoms with Gasteiger partial charge in [-0.05, 0) is 19.3 Å². The largest absolute Gasteiger partial charge is 0.392 e. The molecule has 0 amide bonds. The molecule has 0 saturated heterocycles. The van der Waals surface area contributed by atoms with Crippen LogP contribution in [-0.2, 0) is 0 Å². The fourth-order valence-electron chi connectivity index (χ4n) is 0.644. The van der Waals surface area contributed by atoms with E-state index < -0.39 is 0 Å². The van der Waals surface area contributed by atoms with Crippen LogP contribution >= 0.6 is 11.6 Å². The molecular formula is C8H15ClO. The molecule has 1 N–H and O–H groups in total. The quantitative estimate of drug-likeness (QED) is 0.486. The first kappa shape index (κ1) is 9.99. The lowest BCUT2D eigenvalue weighted by Crippen LogP contribution is -1.98. The van der Waals surface area contributed by atoms with Gasteiger partial charge in [0.2, 0.25) is 0 Å². The van der Waals surface area contributed by atoms with Crippen LogP contribution in [-0.4, -0.2) is 17.1 Å². The molecule has 0 radical (unpaired) electrons. The lowest BCUT2D eigenvalue weighted by atomic mass is 10.1. The number of hydrogen-bond donors (Lipinski definition) is 1. The van der Waals surface area contributed by atoms with E-state index in [2.05, 4.69) is 13.5 Å². The summed E-state index contributed by atoms with van der Waals surface area (Å²) < 4.78 is 0. The summed E-state index contributed by atoms with van der Waals surface area (Å²) in [5.41, 5.74) is 0.874. The lowest BCUT2D eigenvalue weighted by molar-refractivity contribution is 0.326. The Morgan fingerprint density at radius 3 is 2.70 bits per heavy atom. The van der Waals surface area contributed by atoms with Crippen molar-refractivity contribution in [3.63, 3.8) is 0 Å². The van der Waals surface area contributed by atoms with Gasteiger partial charge in [-0.2, -0.15) is 0 Å². The molecule has 0 spiro atoms. The maximum atomic E-state index is 8.58. The van der Waals surface area contributed by atoms with Gasteiger partial charge in [0.05, 0.1) is 6.61 Å². The molecule has 0 fully saturated rings. The molecule has 1 atom stereocenters. The number of hydrogen-bond acceptors (Lipinski definition) is 1. The molecule has 0 aliphatic carbocycles. The van der Waals surface area contributed by atoms with Crippen LogP contribution in [0.5, 0.6) is 0 Å². The van der Waals surface area contributed by atoms with E-state index in [9.17, 15) is 0 Å². The number of halogens is 1. The second-order valence-corrected chi connectivity index (χ2v) is 3.07. The van der Waals surface area contributed by atoms with E-state index in [1.165, 1.54) is 0 Å². The van der Waals surface area contributed by atoms with Crippen LogP contribution in [0.25, 0.3) is 0 Å². The zero-order valence-corrected chi connectivity index (χ0v) is 7.19. The Kier molecular flexibility index (Phi) is 5.74. The van der Waals surface area contributed by atoms with Crippen molar-refractivity contribution in [2.24, 2.45) is 0 Å². The van der Waals surface area contributed by atoms with Crippen molar-refractivity contribution in [3.05, 3.63) is 12.2 Å². The van der Waals surface area contributed by atoms with Crippen molar-refractivity contribution < 1.29 is 5.11 Å². The molecule has 0 saturated carbocycles. The number of aliphatic hydroxyl groups excluding tert-OH is 1. The van der Waals surface area contributed by atoms with Gasteiger partial charge >= 0.3 is 0 Å². The van der Waals surface area contributed by atoms with Crippen LogP contribution in [0, 0.1) is 0 Å². The third-order valence-corrected chi connectivity index (χ3v) is 2.00. The summed E-state index contributed by atoms with van der Waals surface area (Å²) in [5, 5.41) is 8.82. The molecule has 0 unspecified atom stereocenters. The summed E-state index contributed by atoms with van der Waals surface area (Å²) in [7, 11) is 0. The Morgan fingerprint density at radius 1 is 1.70 bits per heavy atom. The SMILES string of the molecule is C=C(CO)CC[C@@H](Cl)CC. The normalized spacial score (nSPS) is 13.1. The number of rotatable bonds is 5. The van der Waals surface area contributed by atoms with Gasteiger partial charge in [0.25, 0.3) is 0 Å². The van der Waals surface area contributed by atoms with Crippen molar-refractivity contribution in [2.45, 2.75) is 31.6 Å². The summed E-state index contributed by atoms with van der Waals surface area (Å²) in [6.07, 6.45) is 2.76. The van der Waals surface area contributed by atoms with Gasteiger partial charge in [-0.15, -0.1) is 11.6 Å². The minimum Gasteiger partial charge on any atom is -0.392 e. The Bertz CT molecular complexity index is 101. The van der Waals surface area contributed by atoms with E-state index in [1.807, 2.05) is 0 Å². The minimum absolute atomic E-state index is 0.0906. The summed E-state index contributed by atoms with van der Waals surface area (Å²) >= 11 is 5.84. The van der Waals surface area contributed by atoms with Crippen LogP contribution in [0.4, 0.5) is 0 Å². The second kappa shape index (κ2) is 5.75. The van der Waals surface area contributed by atoms with E-state index in [0.29, 0.717) is 0 Å². The van der Waals surface area contributed by atoms with E-state index in [-0.39, 0.29) is 12.0 Å². The summed E-state index contributed by atoms with van der Waals surface area (Å²) in [6, 6.07) is 0. The smallest absolute Gasteiger partial charge is 0.0639 e. The fourth-order valence-corrected chi connectivity index (χ4v) is 0.753. The summed E-state index contributed by atoms with van der Waals surface area (Å²) in [6.45, 7) is 5.82. The highest BCUT2D eigenvalue weighted by Crippen LogP contribution is 2.12. The molecule has 0 aliphatic rings. The van der Waals surface area contributed by atoms with Gasteiger partial charge in [0, 0.05) is 5.38 Å². The number of aliphatic hydroxyl groups is 1. The van der Waals surface area contributed by atoms with Gasteiger partial charge in [-0.3, -0.25) is 0 Å². The molecule has 60 valence electrons. The van der Waals surface area contributed by atoms with Crippen molar-refractivity contribution in [2.75, 3.05) is 6.61 Å². The van der Waals surface area contributed by atoms with Crippen molar-refractivity contribution in [3.8, 4) is 0 Å². The van der Waals surface area contributed by atoms with E-state index in [1.54, 1.807) is 0 Å². The predicted octanol–water partition coefficient (Wildman–Crippen LogP) is 2.33. The molecular weight excluding hydrogens is 148 g/mol. The average Bonchev–Trinajstić information content (AvgIpc) is 1.99. The molecule has 0 aromatic carbocycles.